The highest BCUT2D eigenvalue weighted by Crippen LogP contribution is 2.16. The van der Waals surface area contributed by atoms with Crippen LogP contribution in [0.15, 0.2) is 18.5 Å². The quantitative estimate of drug-likeness (QED) is 0.795. The van der Waals surface area contributed by atoms with Gasteiger partial charge in [0.1, 0.15) is 11.3 Å². The molecular weight excluding hydrogens is 272 g/mol. The van der Waals surface area contributed by atoms with Crippen molar-refractivity contribution in [1.29, 1.82) is 0 Å². The summed E-state index contributed by atoms with van der Waals surface area (Å²) in [6, 6.07) is 2.05. The van der Waals surface area contributed by atoms with Crippen LogP contribution in [0.25, 0.3) is 11.0 Å². The van der Waals surface area contributed by atoms with E-state index in [9.17, 15) is 0 Å². The summed E-state index contributed by atoms with van der Waals surface area (Å²) in [5.74, 6) is 1.69. The standard InChI is InChI=1S/C15H21ClN4/c16-6-4-15-18-13-12-17-7-5-14(13)20(15)11-10-19-8-2-1-3-9-19/h5,7,12H,1-4,6,8-11H2. The molecule has 2 aromatic rings. The van der Waals surface area contributed by atoms with Crippen molar-refractivity contribution < 1.29 is 0 Å². The molecule has 0 unspecified atom stereocenters. The number of hydrogen-bond acceptors (Lipinski definition) is 3. The fourth-order valence-corrected chi connectivity index (χ4v) is 3.15. The first-order valence-electron chi connectivity index (χ1n) is 7.46. The van der Waals surface area contributed by atoms with Crippen LogP contribution in [-0.4, -0.2) is 44.9 Å². The van der Waals surface area contributed by atoms with E-state index in [0.29, 0.717) is 5.88 Å². The molecule has 0 spiro atoms. The molecule has 3 rings (SSSR count). The first kappa shape index (κ1) is 13.8. The van der Waals surface area contributed by atoms with E-state index in [0.717, 1.165) is 30.9 Å². The van der Waals surface area contributed by atoms with Crippen molar-refractivity contribution in [2.75, 3.05) is 25.5 Å². The van der Waals surface area contributed by atoms with Gasteiger partial charge >= 0.3 is 0 Å². The molecule has 5 heteroatoms. The SMILES string of the molecule is ClCCc1nc2cnccc2n1CCN1CCCCC1. The molecule has 2 aromatic heterocycles. The second kappa shape index (κ2) is 6.55. The van der Waals surface area contributed by atoms with Gasteiger partial charge in [0, 0.05) is 31.6 Å². The summed E-state index contributed by atoms with van der Waals surface area (Å²) in [6.45, 7) is 4.56. The molecule has 108 valence electrons. The summed E-state index contributed by atoms with van der Waals surface area (Å²) in [5.41, 5.74) is 2.16. The number of alkyl halides is 1. The van der Waals surface area contributed by atoms with E-state index in [1.807, 2.05) is 12.4 Å². The number of imidazole rings is 1. The van der Waals surface area contributed by atoms with Crippen LogP contribution in [0.3, 0.4) is 0 Å². The Kier molecular flexibility index (Phi) is 4.53. The van der Waals surface area contributed by atoms with Gasteiger partial charge in [-0.1, -0.05) is 6.42 Å². The van der Waals surface area contributed by atoms with E-state index in [2.05, 4.69) is 25.5 Å². The van der Waals surface area contributed by atoms with Crippen LogP contribution >= 0.6 is 11.6 Å². The maximum atomic E-state index is 5.91. The third-order valence-corrected chi connectivity index (χ3v) is 4.23. The van der Waals surface area contributed by atoms with Gasteiger partial charge in [-0.25, -0.2) is 4.98 Å². The Balaban J connectivity index is 1.79. The zero-order valence-corrected chi connectivity index (χ0v) is 12.5. The maximum Gasteiger partial charge on any atom is 0.111 e. The summed E-state index contributed by atoms with van der Waals surface area (Å²) in [5, 5.41) is 0. The third kappa shape index (κ3) is 2.96. The normalized spacial score (nSPS) is 16.9. The van der Waals surface area contributed by atoms with Crippen LogP contribution in [0.4, 0.5) is 0 Å². The molecule has 0 N–H and O–H groups in total. The van der Waals surface area contributed by atoms with Crippen molar-refractivity contribution in [1.82, 2.24) is 19.4 Å². The molecule has 1 aliphatic heterocycles. The largest absolute Gasteiger partial charge is 0.327 e. The highest BCUT2D eigenvalue weighted by Gasteiger charge is 2.13. The molecule has 0 amide bonds. The first-order valence-corrected chi connectivity index (χ1v) is 7.99. The molecule has 4 nitrogen and oxygen atoms in total. The number of likely N-dealkylation sites (tertiary alicyclic amines) is 1. The summed E-state index contributed by atoms with van der Waals surface area (Å²) in [6.07, 6.45) is 8.55. The molecular formula is C15H21ClN4. The number of hydrogen-bond donors (Lipinski definition) is 0. The van der Waals surface area contributed by atoms with Gasteiger partial charge < -0.3 is 9.47 Å². The topological polar surface area (TPSA) is 34.0 Å². The summed E-state index contributed by atoms with van der Waals surface area (Å²) < 4.78 is 2.31. The molecule has 20 heavy (non-hydrogen) atoms. The van der Waals surface area contributed by atoms with Crippen LogP contribution in [-0.2, 0) is 13.0 Å². The number of pyridine rings is 1. The molecule has 0 aromatic carbocycles. The van der Waals surface area contributed by atoms with Crippen molar-refractivity contribution in [2.45, 2.75) is 32.2 Å². The van der Waals surface area contributed by atoms with Gasteiger partial charge in [0.25, 0.3) is 0 Å². The highest BCUT2D eigenvalue weighted by molar-refractivity contribution is 6.17. The second-order valence-corrected chi connectivity index (χ2v) is 5.76. The van der Waals surface area contributed by atoms with E-state index < -0.39 is 0 Å². The molecule has 3 heterocycles. The summed E-state index contributed by atoms with van der Waals surface area (Å²) in [7, 11) is 0. The van der Waals surface area contributed by atoms with Crippen LogP contribution in [0, 0.1) is 0 Å². The fraction of sp³-hybridized carbons (Fsp3) is 0.600. The van der Waals surface area contributed by atoms with Gasteiger partial charge in [0.15, 0.2) is 0 Å². The Morgan fingerprint density at radius 2 is 2.00 bits per heavy atom. The first-order chi connectivity index (χ1) is 9.88. The number of rotatable bonds is 5. The van der Waals surface area contributed by atoms with E-state index >= 15 is 0 Å². The Morgan fingerprint density at radius 1 is 1.15 bits per heavy atom. The molecule has 0 aliphatic carbocycles. The Hall–Kier alpha value is -1.13. The zero-order chi connectivity index (χ0) is 13.8. The van der Waals surface area contributed by atoms with Gasteiger partial charge in [-0.2, -0.15) is 0 Å². The summed E-state index contributed by atoms with van der Waals surface area (Å²) >= 11 is 5.91. The number of nitrogens with zero attached hydrogens (tertiary/aromatic N) is 4. The lowest BCUT2D eigenvalue weighted by Crippen LogP contribution is -2.32. The fourth-order valence-electron chi connectivity index (χ4n) is 2.98. The number of piperidine rings is 1. The molecule has 1 fully saturated rings. The number of aromatic nitrogens is 3. The monoisotopic (exact) mass is 292 g/mol. The van der Waals surface area contributed by atoms with Crippen LogP contribution < -0.4 is 0 Å². The lowest BCUT2D eigenvalue weighted by atomic mass is 10.1. The molecule has 0 saturated carbocycles. The van der Waals surface area contributed by atoms with E-state index in [1.54, 1.807) is 0 Å². The smallest absolute Gasteiger partial charge is 0.111 e. The average Bonchev–Trinajstić information content (AvgIpc) is 2.84. The van der Waals surface area contributed by atoms with Crippen molar-refractivity contribution in [3.05, 3.63) is 24.3 Å². The van der Waals surface area contributed by atoms with Crippen LogP contribution in [0.5, 0.6) is 0 Å². The van der Waals surface area contributed by atoms with E-state index in [4.69, 9.17) is 11.6 Å². The molecule has 0 bridgehead atoms. The Bertz CT molecular complexity index is 560. The van der Waals surface area contributed by atoms with Crippen molar-refractivity contribution in [3.8, 4) is 0 Å². The molecule has 1 saturated heterocycles. The van der Waals surface area contributed by atoms with Crippen molar-refractivity contribution in [3.63, 3.8) is 0 Å². The number of fused-ring (bicyclic) bond motifs is 1. The summed E-state index contributed by atoms with van der Waals surface area (Å²) in [4.78, 5) is 11.4. The van der Waals surface area contributed by atoms with E-state index in [1.165, 1.54) is 37.9 Å². The minimum Gasteiger partial charge on any atom is -0.327 e. The second-order valence-electron chi connectivity index (χ2n) is 5.39. The van der Waals surface area contributed by atoms with E-state index in [-0.39, 0.29) is 0 Å². The van der Waals surface area contributed by atoms with Gasteiger partial charge in [0.2, 0.25) is 0 Å². The van der Waals surface area contributed by atoms with Gasteiger partial charge in [-0.15, -0.1) is 11.6 Å². The Labute approximate surface area is 124 Å². The molecule has 0 atom stereocenters. The predicted molar refractivity (Wildman–Crippen MR) is 82.2 cm³/mol. The van der Waals surface area contributed by atoms with Gasteiger partial charge in [-0.05, 0) is 32.0 Å². The van der Waals surface area contributed by atoms with Crippen LogP contribution in [0.2, 0.25) is 0 Å². The lowest BCUT2D eigenvalue weighted by molar-refractivity contribution is 0.221. The predicted octanol–water partition coefficient (Wildman–Crippen LogP) is 2.70. The van der Waals surface area contributed by atoms with Crippen molar-refractivity contribution >= 4 is 22.6 Å². The lowest BCUT2D eigenvalue weighted by Gasteiger charge is -2.26. The average molecular weight is 293 g/mol. The minimum atomic E-state index is 0.612. The van der Waals surface area contributed by atoms with Crippen molar-refractivity contribution in [2.24, 2.45) is 0 Å². The number of aryl methyl sites for hydroxylation is 1. The zero-order valence-electron chi connectivity index (χ0n) is 11.8. The minimum absolute atomic E-state index is 0.612. The number of halogens is 1. The molecule has 0 radical (unpaired) electrons. The molecule has 1 aliphatic rings. The highest BCUT2D eigenvalue weighted by atomic mass is 35.5. The third-order valence-electron chi connectivity index (χ3n) is 4.04. The van der Waals surface area contributed by atoms with Gasteiger partial charge in [0.05, 0.1) is 11.7 Å². The maximum absolute atomic E-state index is 5.91. The van der Waals surface area contributed by atoms with Crippen LogP contribution in [0.1, 0.15) is 25.1 Å². The Morgan fingerprint density at radius 3 is 2.80 bits per heavy atom. The van der Waals surface area contributed by atoms with Gasteiger partial charge in [-0.3, -0.25) is 4.98 Å².